The molecule has 0 fully saturated rings. The lowest BCUT2D eigenvalue weighted by Gasteiger charge is -2.06. The van der Waals surface area contributed by atoms with Crippen LogP contribution in [0.3, 0.4) is 0 Å². The van der Waals surface area contributed by atoms with Gasteiger partial charge in [0.05, 0.1) is 4.47 Å². The van der Waals surface area contributed by atoms with Gasteiger partial charge in [-0.05, 0) is 58.7 Å². The van der Waals surface area contributed by atoms with E-state index in [0.29, 0.717) is 10.2 Å². The Morgan fingerprint density at radius 1 is 1.22 bits per heavy atom. The second-order valence-electron chi connectivity index (χ2n) is 3.95. The molecule has 2 rings (SSSR count). The van der Waals surface area contributed by atoms with Gasteiger partial charge in [-0.3, -0.25) is 4.79 Å². The summed E-state index contributed by atoms with van der Waals surface area (Å²) in [6.07, 6.45) is 0. The van der Waals surface area contributed by atoms with Crippen LogP contribution < -0.4 is 5.32 Å². The molecule has 0 aliphatic rings. The standard InChI is InChI=1S/C14H11BrFNO/c1-9-3-2-4-11(7-9)17-14(18)10-5-6-12(15)13(16)8-10/h2-8H,1H3,(H,17,18). The largest absolute Gasteiger partial charge is 0.322 e. The molecule has 18 heavy (non-hydrogen) atoms. The average molecular weight is 308 g/mol. The molecule has 0 unspecified atom stereocenters. The molecule has 1 amide bonds. The Balaban J connectivity index is 2.19. The summed E-state index contributed by atoms with van der Waals surface area (Å²) in [6.45, 7) is 1.94. The summed E-state index contributed by atoms with van der Waals surface area (Å²) in [5, 5.41) is 2.72. The summed E-state index contributed by atoms with van der Waals surface area (Å²) in [7, 11) is 0. The van der Waals surface area contributed by atoms with Crippen molar-refractivity contribution in [3.63, 3.8) is 0 Å². The van der Waals surface area contributed by atoms with Crippen LogP contribution in [-0.4, -0.2) is 5.91 Å². The highest BCUT2D eigenvalue weighted by molar-refractivity contribution is 9.10. The first kappa shape index (κ1) is 12.8. The quantitative estimate of drug-likeness (QED) is 0.887. The molecule has 2 nitrogen and oxygen atoms in total. The second-order valence-corrected chi connectivity index (χ2v) is 4.81. The molecule has 0 bridgehead atoms. The van der Waals surface area contributed by atoms with Crippen LogP contribution in [0.15, 0.2) is 46.9 Å². The Bertz CT molecular complexity index is 598. The van der Waals surface area contributed by atoms with E-state index in [1.54, 1.807) is 12.1 Å². The number of hydrogen-bond donors (Lipinski definition) is 1. The normalized spacial score (nSPS) is 10.2. The van der Waals surface area contributed by atoms with Crippen LogP contribution in [0, 0.1) is 12.7 Å². The Hall–Kier alpha value is -1.68. The van der Waals surface area contributed by atoms with Gasteiger partial charge in [0.1, 0.15) is 5.82 Å². The van der Waals surface area contributed by atoms with Crippen molar-refractivity contribution in [3.8, 4) is 0 Å². The van der Waals surface area contributed by atoms with E-state index >= 15 is 0 Å². The van der Waals surface area contributed by atoms with Crippen molar-refractivity contribution in [1.82, 2.24) is 0 Å². The number of hydrogen-bond acceptors (Lipinski definition) is 1. The molecule has 2 aromatic carbocycles. The van der Waals surface area contributed by atoms with Gasteiger partial charge in [-0.15, -0.1) is 0 Å². The number of halogens is 2. The van der Waals surface area contributed by atoms with Crippen molar-refractivity contribution >= 4 is 27.5 Å². The third-order valence-corrected chi connectivity index (χ3v) is 3.10. The van der Waals surface area contributed by atoms with Crippen LogP contribution in [0.2, 0.25) is 0 Å². The summed E-state index contributed by atoms with van der Waals surface area (Å²) in [6, 6.07) is 11.7. The number of aryl methyl sites for hydroxylation is 1. The molecule has 1 N–H and O–H groups in total. The predicted octanol–water partition coefficient (Wildman–Crippen LogP) is 4.15. The zero-order valence-electron chi connectivity index (χ0n) is 9.71. The van der Waals surface area contributed by atoms with Gasteiger partial charge in [0.2, 0.25) is 0 Å². The highest BCUT2D eigenvalue weighted by atomic mass is 79.9. The molecule has 92 valence electrons. The SMILES string of the molecule is Cc1cccc(NC(=O)c2ccc(Br)c(F)c2)c1. The molecule has 0 radical (unpaired) electrons. The summed E-state index contributed by atoms with van der Waals surface area (Å²) in [4.78, 5) is 11.9. The minimum Gasteiger partial charge on any atom is -0.322 e. The predicted molar refractivity (Wildman–Crippen MR) is 73.2 cm³/mol. The minimum absolute atomic E-state index is 0.289. The number of amides is 1. The molecule has 0 aliphatic carbocycles. The average Bonchev–Trinajstić information content (AvgIpc) is 2.32. The van der Waals surface area contributed by atoms with E-state index in [4.69, 9.17) is 0 Å². The molecule has 0 heterocycles. The zero-order valence-corrected chi connectivity index (χ0v) is 11.3. The van der Waals surface area contributed by atoms with Crippen molar-refractivity contribution in [2.75, 3.05) is 5.32 Å². The van der Waals surface area contributed by atoms with Gasteiger partial charge in [-0.2, -0.15) is 0 Å². The number of carbonyl (C=O) groups excluding carboxylic acids is 1. The van der Waals surface area contributed by atoms with Gasteiger partial charge in [0, 0.05) is 11.3 Å². The molecular formula is C14H11BrFNO. The van der Waals surface area contributed by atoms with E-state index in [0.717, 1.165) is 5.56 Å². The summed E-state index contributed by atoms with van der Waals surface area (Å²) in [5.74, 6) is -0.779. The van der Waals surface area contributed by atoms with Crippen LogP contribution in [0.4, 0.5) is 10.1 Å². The Morgan fingerprint density at radius 3 is 2.67 bits per heavy atom. The molecular weight excluding hydrogens is 297 g/mol. The maximum atomic E-state index is 13.3. The smallest absolute Gasteiger partial charge is 0.255 e. The third kappa shape index (κ3) is 2.96. The van der Waals surface area contributed by atoms with Gasteiger partial charge in [-0.25, -0.2) is 4.39 Å². The van der Waals surface area contributed by atoms with Crippen LogP contribution in [0.25, 0.3) is 0 Å². The molecule has 0 atom stereocenters. The number of anilines is 1. The maximum absolute atomic E-state index is 13.3. The fraction of sp³-hybridized carbons (Fsp3) is 0.0714. The topological polar surface area (TPSA) is 29.1 Å². The van der Waals surface area contributed by atoms with Crippen molar-refractivity contribution in [1.29, 1.82) is 0 Å². The maximum Gasteiger partial charge on any atom is 0.255 e. The van der Waals surface area contributed by atoms with Gasteiger partial charge < -0.3 is 5.32 Å². The first-order valence-corrected chi connectivity index (χ1v) is 6.18. The Morgan fingerprint density at radius 2 is 2.00 bits per heavy atom. The van der Waals surface area contributed by atoms with Crippen molar-refractivity contribution in [2.45, 2.75) is 6.92 Å². The van der Waals surface area contributed by atoms with Gasteiger partial charge in [0.15, 0.2) is 0 Å². The third-order valence-electron chi connectivity index (χ3n) is 2.46. The highest BCUT2D eigenvalue weighted by Gasteiger charge is 2.08. The van der Waals surface area contributed by atoms with E-state index in [2.05, 4.69) is 21.2 Å². The number of nitrogens with one attached hydrogen (secondary N) is 1. The minimum atomic E-state index is -0.452. The summed E-state index contributed by atoms with van der Waals surface area (Å²) in [5.41, 5.74) is 2.04. The van der Waals surface area contributed by atoms with E-state index < -0.39 is 5.82 Å². The van der Waals surface area contributed by atoms with Crippen LogP contribution >= 0.6 is 15.9 Å². The molecule has 0 aliphatic heterocycles. The van der Waals surface area contributed by atoms with Crippen LogP contribution in [0.5, 0.6) is 0 Å². The van der Waals surface area contributed by atoms with E-state index in [9.17, 15) is 9.18 Å². The summed E-state index contributed by atoms with van der Waals surface area (Å²) < 4.78 is 13.7. The first-order valence-electron chi connectivity index (χ1n) is 5.39. The van der Waals surface area contributed by atoms with E-state index in [-0.39, 0.29) is 11.5 Å². The number of rotatable bonds is 2. The van der Waals surface area contributed by atoms with Crippen molar-refractivity contribution in [2.24, 2.45) is 0 Å². The second kappa shape index (κ2) is 5.31. The van der Waals surface area contributed by atoms with Crippen molar-refractivity contribution in [3.05, 3.63) is 63.9 Å². The van der Waals surface area contributed by atoms with Gasteiger partial charge >= 0.3 is 0 Å². The summed E-state index contributed by atoms with van der Waals surface area (Å²) >= 11 is 3.05. The number of carbonyl (C=O) groups is 1. The Kier molecular flexibility index (Phi) is 3.77. The lowest BCUT2D eigenvalue weighted by molar-refractivity contribution is 0.102. The molecule has 2 aromatic rings. The molecule has 0 aromatic heterocycles. The lowest BCUT2D eigenvalue weighted by atomic mass is 10.2. The Labute approximate surface area is 113 Å². The van der Waals surface area contributed by atoms with Gasteiger partial charge in [0.25, 0.3) is 5.91 Å². The fourth-order valence-corrected chi connectivity index (χ4v) is 1.81. The van der Waals surface area contributed by atoms with E-state index in [1.165, 1.54) is 12.1 Å². The molecule has 4 heteroatoms. The zero-order chi connectivity index (χ0) is 13.1. The fourth-order valence-electron chi connectivity index (χ4n) is 1.56. The van der Waals surface area contributed by atoms with Crippen molar-refractivity contribution < 1.29 is 9.18 Å². The molecule has 0 spiro atoms. The molecule has 0 saturated carbocycles. The number of benzene rings is 2. The van der Waals surface area contributed by atoms with Gasteiger partial charge in [-0.1, -0.05) is 12.1 Å². The highest BCUT2D eigenvalue weighted by Crippen LogP contribution is 2.17. The van der Waals surface area contributed by atoms with Crippen LogP contribution in [-0.2, 0) is 0 Å². The first-order chi connectivity index (χ1) is 8.56. The lowest BCUT2D eigenvalue weighted by Crippen LogP contribution is -2.12. The van der Waals surface area contributed by atoms with E-state index in [1.807, 2.05) is 25.1 Å². The van der Waals surface area contributed by atoms with Crippen LogP contribution in [0.1, 0.15) is 15.9 Å². The molecule has 0 saturated heterocycles. The monoisotopic (exact) mass is 307 g/mol.